The van der Waals surface area contributed by atoms with Crippen molar-refractivity contribution in [2.75, 3.05) is 5.73 Å². The summed E-state index contributed by atoms with van der Waals surface area (Å²) in [6.45, 7) is 0. The van der Waals surface area contributed by atoms with Gasteiger partial charge in [0.1, 0.15) is 5.82 Å². The maximum absolute atomic E-state index is 6.02. The van der Waals surface area contributed by atoms with Crippen molar-refractivity contribution in [1.29, 1.82) is 0 Å². The largest absolute Gasteiger partial charge is 0.384 e. The molecule has 0 atom stereocenters. The van der Waals surface area contributed by atoms with Crippen LogP contribution in [0.2, 0.25) is 5.02 Å². The monoisotopic (exact) mass is 257 g/mol. The summed E-state index contributed by atoms with van der Waals surface area (Å²) in [6.07, 6.45) is 1.78. The minimum absolute atomic E-state index is 0.528. The van der Waals surface area contributed by atoms with Gasteiger partial charge in [0.05, 0.1) is 5.69 Å². The van der Waals surface area contributed by atoms with Crippen LogP contribution in [0.5, 0.6) is 0 Å². The quantitative estimate of drug-likeness (QED) is 0.725. The molecular formula is C14H12ClN3. The zero-order valence-corrected chi connectivity index (χ0v) is 10.6. The van der Waals surface area contributed by atoms with E-state index in [4.69, 9.17) is 17.3 Å². The average molecular weight is 258 g/mol. The van der Waals surface area contributed by atoms with Gasteiger partial charge in [-0.25, -0.2) is 4.98 Å². The first-order valence-electron chi connectivity index (χ1n) is 5.62. The summed E-state index contributed by atoms with van der Waals surface area (Å²) in [7, 11) is 2.02. The van der Waals surface area contributed by atoms with Crippen LogP contribution in [0.1, 0.15) is 0 Å². The van der Waals surface area contributed by atoms with Crippen molar-refractivity contribution in [3.05, 3.63) is 47.6 Å². The first-order chi connectivity index (χ1) is 8.65. The van der Waals surface area contributed by atoms with E-state index in [0.717, 1.165) is 27.2 Å². The molecule has 0 unspecified atom stereocenters. The predicted octanol–water partition coefficient (Wildman–Crippen LogP) is 3.48. The number of rotatable bonds is 1. The van der Waals surface area contributed by atoms with Crippen LogP contribution >= 0.6 is 11.6 Å². The molecule has 0 aliphatic rings. The van der Waals surface area contributed by atoms with Gasteiger partial charge in [0.25, 0.3) is 0 Å². The number of aryl methyl sites for hydroxylation is 1. The zero-order valence-electron chi connectivity index (χ0n) is 9.89. The van der Waals surface area contributed by atoms with E-state index in [1.54, 1.807) is 12.3 Å². The molecule has 0 aliphatic carbocycles. The van der Waals surface area contributed by atoms with Crippen LogP contribution in [-0.2, 0) is 7.05 Å². The fourth-order valence-electron chi connectivity index (χ4n) is 2.14. The third-order valence-electron chi connectivity index (χ3n) is 3.09. The minimum Gasteiger partial charge on any atom is -0.384 e. The molecule has 1 aromatic carbocycles. The van der Waals surface area contributed by atoms with E-state index in [1.807, 2.05) is 31.3 Å². The number of aromatic nitrogens is 2. The Balaban J connectivity index is 2.23. The van der Waals surface area contributed by atoms with Crippen molar-refractivity contribution >= 4 is 28.3 Å². The maximum Gasteiger partial charge on any atom is 0.123 e. The van der Waals surface area contributed by atoms with Gasteiger partial charge >= 0.3 is 0 Å². The number of hydrogen-bond donors (Lipinski definition) is 1. The van der Waals surface area contributed by atoms with E-state index in [0.29, 0.717) is 5.82 Å². The van der Waals surface area contributed by atoms with Crippen LogP contribution < -0.4 is 5.73 Å². The summed E-state index contributed by atoms with van der Waals surface area (Å²) < 4.78 is 2.11. The summed E-state index contributed by atoms with van der Waals surface area (Å²) in [5.74, 6) is 0.528. The molecule has 3 rings (SSSR count). The Morgan fingerprint density at radius 1 is 1.17 bits per heavy atom. The second-order valence-corrected chi connectivity index (χ2v) is 4.70. The Morgan fingerprint density at radius 2 is 2.00 bits per heavy atom. The number of halogens is 1. The Hall–Kier alpha value is -2.00. The van der Waals surface area contributed by atoms with E-state index >= 15 is 0 Å². The third-order valence-corrected chi connectivity index (χ3v) is 3.32. The highest BCUT2D eigenvalue weighted by Gasteiger charge is 2.08. The van der Waals surface area contributed by atoms with E-state index in [1.165, 1.54) is 0 Å². The van der Waals surface area contributed by atoms with Gasteiger partial charge in [-0.3, -0.25) is 0 Å². The molecule has 2 N–H and O–H groups in total. The summed E-state index contributed by atoms with van der Waals surface area (Å²) in [6, 6.07) is 11.8. The Bertz CT molecular complexity index is 714. The highest BCUT2D eigenvalue weighted by atomic mass is 35.5. The van der Waals surface area contributed by atoms with Crippen LogP contribution in [0.3, 0.4) is 0 Å². The summed E-state index contributed by atoms with van der Waals surface area (Å²) >= 11 is 6.02. The van der Waals surface area contributed by atoms with Crippen molar-refractivity contribution in [2.45, 2.75) is 0 Å². The highest BCUT2D eigenvalue weighted by Crippen LogP contribution is 2.28. The second-order valence-electron chi connectivity index (χ2n) is 4.26. The molecule has 4 heteroatoms. The topological polar surface area (TPSA) is 43.8 Å². The number of nitrogens with zero attached hydrogens (tertiary/aromatic N) is 2. The fourth-order valence-corrected chi connectivity index (χ4v) is 2.30. The fraction of sp³-hybridized carbons (Fsp3) is 0.0714. The number of hydrogen-bond acceptors (Lipinski definition) is 2. The summed E-state index contributed by atoms with van der Waals surface area (Å²) in [4.78, 5) is 4.12. The first-order valence-corrected chi connectivity index (χ1v) is 6.00. The molecule has 0 amide bonds. The van der Waals surface area contributed by atoms with Crippen LogP contribution in [0.15, 0.2) is 42.6 Å². The lowest BCUT2D eigenvalue weighted by Gasteiger charge is -2.04. The lowest BCUT2D eigenvalue weighted by atomic mass is 10.2. The van der Waals surface area contributed by atoms with Gasteiger partial charge in [0.2, 0.25) is 0 Å². The van der Waals surface area contributed by atoms with Crippen LogP contribution in [0.4, 0.5) is 5.82 Å². The third kappa shape index (κ3) is 1.73. The van der Waals surface area contributed by atoms with E-state index in [-0.39, 0.29) is 0 Å². The van der Waals surface area contributed by atoms with Crippen molar-refractivity contribution < 1.29 is 0 Å². The summed E-state index contributed by atoms with van der Waals surface area (Å²) in [5, 5.41) is 1.90. The summed E-state index contributed by atoms with van der Waals surface area (Å²) in [5.41, 5.74) is 8.85. The molecule has 18 heavy (non-hydrogen) atoms. The van der Waals surface area contributed by atoms with Gasteiger partial charge in [-0.05, 0) is 30.3 Å². The molecule has 0 saturated carbocycles. The van der Waals surface area contributed by atoms with E-state index in [2.05, 4.69) is 15.6 Å². The number of nitrogen functional groups attached to an aromatic ring is 1. The lowest BCUT2D eigenvalue weighted by Crippen LogP contribution is -1.93. The Labute approximate surface area is 110 Å². The molecule has 0 radical (unpaired) electrons. The SMILES string of the molecule is Cn1c(-c2ccc(N)nc2)cc2ccc(Cl)cc21. The second kappa shape index (κ2) is 4.03. The number of pyridine rings is 1. The van der Waals surface area contributed by atoms with Gasteiger partial charge in [-0.15, -0.1) is 0 Å². The molecule has 90 valence electrons. The standard InChI is InChI=1S/C14H12ClN3/c1-18-12(10-3-5-14(16)17-8-10)6-9-2-4-11(15)7-13(9)18/h2-8H,1H3,(H2,16,17). The molecule has 3 aromatic rings. The lowest BCUT2D eigenvalue weighted by molar-refractivity contribution is 0.977. The number of nitrogens with two attached hydrogens (primary N) is 1. The minimum atomic E-state index is 0.528. The molecule has 3 nitrogen and oxygen atoms in total. The Morgan fingerprint density at radius 3 is 2.72 bits per heavy atom. The number of benzene rings is 1. The predicted molar refractivity (Wildman–Crippen MR) is 75.6 cm³/mol. The molecule has 0 aliphatic heterocycles. The van der Waals surface area contributed by atoms with Crippen LogP contribution in [0.25, 0.3) is 22.2 Å². The molecule has 2 aromatic heterocycles. The normalized spacial score (nSPS) is 11.0. The van der Waals surface area contributed by atoms with Gasteiger partial charge < -0.3 is 10.3 Å². The van der Waals surface area contributed by atoms with Crippen molar-refractivity contribution in [3.63, 3.8) is 0 Å². The van der Waals surface area contributed by atoms with Gasteiger partial charge in [-0.2, -0.15) is 0 Å². The average Bonchev–Trinajstić information content (AvgIpc) is 2.68. The van der Waals surface area contributed by atoms with Gasteiger partial charge in [-0.1, -0.05) is 17.7 Å². The molecular weight excluding hydrogens is 246 g/mol. The number of fused-ring (bicyclic) bond motifs is 1. The smallest absolute Gasteiger partial charge is 0.123 e. The zero-order chi connectivity index (χ0) is 12.7. The molecule has 2 heterocycles. The molecule has 0 saturated heterocycles. The van der Waals surface area contributed by atoms with Crippen molar-refractivity contribution in [3.8, 4) is 11.3 Å². The van der Waals surface area contributed by atoms with Gasteiger partial charge in [0, 0.05) is 34.7 Å². The van der Waals surface area contributed by atoms with Crippen molar-refractivity contribution in [2.24, 2.45) is 7.05 Å². The Kier molecular flexibility index (Phi) is 2.49. The van der Waals surface area contributed by atoms with Crippen LogP contribution in [-0.4, -0.2) is 9.55 Å². The molecule has 0 fully saturated rings. The number of anilines is 1. The maximum atomic E-state index is 6.02. The van der Waals surface area contributed by atoms with E-state index < -0.39 is 0 Å². The van der Waals surface area contributed by atoms with Gasteiger partial charge in [0.15, 0.2) is 0 Å². The van der Waals surface area contributed by atoms with Crippen LogP contribution in [0, 0.1) is 0 Å². The molecule has 0 bridgehead atoms. The molecule has 0 spiro atoms. The van der Waals surface area contributed by atoms with Crippen molar-refractivity contribution in [1.82, 2.24) is 9.55 Å². The van der Waals surface area contributed by atoms with E-state index in [9.17, 15) is 0 Å². The first kappa shape index (κ1) is 11.1. The highest BCUT2D eigenvalue weighted by molar-refractivity contribution is 6.31.